The summed E-state index contributed by atoms with van der Waals surface area (Å²) in [5, 5.41) is 5.71. The van der Waals surface area contributed by atoms with Gasteiger partial charge in [0, 0.05) is 17.1 Å². The van der Waals surface area contributed by atoms with Gasteiger partial charge in [-0.1, -0.05) is 6.92 Å². The molecule has 0 N–H and O–H groups in total. The Hall–Kier alpha value is -0.830. The average molecular weight is 292 g/mol. The standard InChI is InChI=1S/C7H9ClF3N3O2S/c1-2-3-5-12-13-6(17(8,15)16)14(5)4-7(9,10)11/h2-4H2,1H3. The second-order valence-corrected chi connectivity index (χ2v) is 5.75. The van der Waals surface area contributed by atoms with E-state index in [1.807, 2.05) is 0 Å². The average Bonchev–Trinajstić information content (AvgIpc) is 2.45. The van der Waals surface area contributed by atoms with Crippen molar-refractivity contribution in [2.75, 3.05) is 0 Å². The summed E-state index contributed by atoms with van der Waals surface area (Å²) < 4.78 is 59.4. The summed E-state index contributed by atoms with van der Waals surface area (Å²) in [6, 6.07) is 0. The van der Waals surface area contributed by atoms with E-state index in [4.69, 9.17) is 10.7 Å². The molecular weight excluding hydrogens is 283 g/mol. The zero-order valence-corrected chi connectivity index (χ0v) is 10.3. The van der Waals surface area contributed by atoms with Crippen molar-refractivity contribution in [3.8, 4) is 0 Å². The van der Waals surface area contributed by atoms with Crippen LogP contribution in [0.2, 0.25) is 0 Å². The molecule has 1 aromatic rings. The minimum absolute atomic E-state index is 0.0518. The summed E-state index contributed by atoms with van der Waals surface area (Å²) in [7, 11) is 0.646. The highest BCUT2D eigenvalue weighted by atomic mass is 35.7. The van der Waals surface area contributed by atoms with Crippen molar-refractivity contribution in [3.05, 3.63) is 5.82 Å². The maximum Gasteiger partial charge on any atom is 0.406 e. The molecule has 0 aliphatic carbocycles. The Morgan fingerprint density at radius 2 is 1.94 bits per heavy atom. The fourth-order valence-electron chi connectivity index (χ4n) is 1.25. The molecule has 17 heavy (non-hydrogen) atoms. The van der Waals surface area contributed by atoms with Crippen molar-refractivity contribution in [2.24, 2.45) is 0 Å². The van der Waals surface area contributed by atoms with Crippen molar-refractivity contribution in [1.29, 1.82) is 0 Å². The maximum atomic E-state index is 12.3. The molecular formula is C7H9ClF3N3O2S. The van der Waals surface area contributed by atoms with Crippen LogP contribution in [-0.4, -0.2) is 29.4 Å². The Kier molecular flexibility index (Phi) is 4.03. The van der Waals surface area contributed by atoms with Gasteiger partial charge in [0.05, 0.1) is 0 Å². The highest BCUT2D eigenvalue weighted by Crippen LogP contribution is 2.22. The Morgan fingerprint density at radius 3 is 2.35 bits per heavy atom. The predicted molar refractivity (Wildman–Crippen MR) is 53.1 cm³/mol. The highest BCUT2D eigenvalue weighted by Gasteiger charge is 2.33. The number of alkyl halides is 3. The van der Waals surface area contributed by atoms with E-state index in [9.17, 15) is 21.6 Å². The first-order valence-corrected chi connectivity index (χ1v) is 6.89. The summed E-state index contributed by atoms with van der Waals surface area (Å²) >= 11 is 0. The minimum atomic E-state index is -4.57. The van der Waals surface area contributed by atoms with E-state index in [0.29, 0.717) is 11.0 Å². The summed E-state index contributed by atoms with van der Waals surface area (Å²) in [4.78, 5) is 0. The molecule has 0 saturated heterocycles. The maximum absolute atomic E-state index is 12.3. The second-order valence-electron chi connectivity index (χ2n) is 3.29. The van der Waals surface area contributed by atoms with Gasteiger partial charge in [0.1, 0.15) is 12.4 Å². The molecule has 1 rings (SSSR count). The fraction of sp³-hybridized carbons (Fsp3) is 0.714. The van der Waals surface area contributed by atoms with Gasteiger partial charge < -0.3 is 0 Å². The van der Waals surface area contributed by atoms with Crippen LogP contribution >= 0.6 is 10.7 Å². The fourth-order valence-corrected chi connectivity index (χ4v) is 2.16. The number of rotatable bonds is 4. The van der Waals surface area contributed by atoms with Crippen LogP contribution in [0.15, 0.2) is 5.16 Å². The van der Waals surface area contributed by atoms with Gasteiger partial charge in [-0.2, -0.15) is 13.2 Å². The van der Waals surface area contributed by atoms with Gasteiger partial charge in [-0.3, -0.25) is 4.57 Å². The third-order valence-electron chi connectivity index (χ3n) is 1.82. The molecule has 5 nitrogen and oxygen atoms in total. The van der Waals surface area contributed by atoms with Crippen LogP contribution in [0.1, 0.15) is 19.2 Å². The van der Waals surface area contributed by atoms with Crippen LogP contribution in [0.5, 0.6) is 0 Å². The van der Waals surface area contributed by atoms with Crippen LogP contribution in [-0.2, 0) is 22.0 Å². The lowest BCUT2D eigenvalue weighted by Gasteiger charge is -2.10. The normalized spacial score (nSPS) is 13.0. The molecule has 0 atom stereocenters. The van der Waals surface area contributed by atoms with E-state index in [1.165, 1.54) is 0 Å². The third kappa shape index (κ3) is 3.84. The first kappa shape index (κ1) is 14.2. The van der Waals surface area contributed by atoms with Crippen molar-refractivity contribution >= 4 is 19.7 Å². The largest absolute Gasteiger partial charge is 0.406 e. The summed E-state index contributed by atoms with van der Waals surface area (Å²) in [5.41, 5.74) is 0. The molecule has 0 radical (unpaired) electrons. The lowest BCUT2D eigenvalue weighted by molar-refractivity contribution is -0.142. The van der Waals surface area contributed by atoms with E-state index < -0.39 is 26.9 Å². The zero-order chi connectivity index (χ0) is 13.3. The monoisotopic (exact) mass is 291 g/mol. The highest BCUT2D eigenvalue weighted by molar-refractivity contribution is 8.13. The topological polar surface area (TPSA) is 64.8 Å². The van der Waals surface area contributed by atoms with Gasteiger partial charge >= 0.3 is 6.18 Å². The van der Waals surface area contributed by atoms with E-state index in [0.717, 1.165) is 0 Å². The van der Waals surface area contributed by atoms with E-state index in [1.54, 1.807) is 6.92 Å². The molecule has 0 aromatic carbocycles. The van der Waals surface area contributed by atoms with Gasteiger partial charge in [-0.15, -0.1) is 10.2 Å². The molecule has 1 aromatic heterocycles. The quantitative estimate of drug-likeness (QED) is 0.792. The van der Waals surface area contributed by atoms with Crippen LogP contribution in [0, 0.1) is 0 Å². The number of halogens is 4. The van der Waals surface area contributed by atoms with E-state index in [2.05, 4.69) is 10.2 Å². The SMILES string of the molecule is CCCc1nnc(S(=O)(=O)Cl)n1CC(F)(F)F. The molecule has 1 heterocycles. The van der Waals surface area contributed by atoms with Gasteiger partial charge in [0.15, 0.2) is 0 Å². The molecule has 0 unspecified atom stereocenters. The Balaban J connectivity index is 3.25. The van der Waals surface area contributed by atoms with Gasteiger partial charge in [0.25, 0.3) is 14.2 Å². The third-order valence-corrected chi connectivity index (χ3v) is 2.97. The van der Waals surface area contributed by atoms with Crippen LogP contribution in [0.4, 0.5) is 13.2 Å². The molecule has 0 saturated carbocycles. The van der Waals surface area contributed by atoms with E-state index in [-0.39, 0.29) is 12.2 Å². The predicted octanol–water partition coefficient (Wildman–Crippen LogP) is 1.72. The number of aryl methyl sites for hydroxylation is 1. The number of hydrogen-bond acceptors (Lipinski definition) is 4. The van der Waals surface area contributed by atoms with Gasteiger partial charge in [-0.25, -0.2) is 8.42 Å². The zero-order valence-electron chi connectivity index (χ0n) is 8.70. The minimum Gasteiger partial charge on any atom is -0.292 e. The molecule has 0 aliphatic rings. The van der Waals surface area contributed by atoms with Crippen molar-refractivity contribution in [2.45, 2.75) is 37.6 Å². The Bertz CT molecular complexity index is 497. The molecule has 0 spiro atoms. The lowest BCUT2D eigenvalue weighted by atomic mass is 10.3. The van der Waals surface area contributed by atoms with Crippen LogP contribution in [0.3, 0.4) is 0 Å². The summed E-state index contributed by atoms with van der Waals surface area (Å²) in [5.74, 6) is -0.0518. The number of aromatic nitrogens is 3. The van der Waals surface area contributed by atoms with Crippen molar-refractivity contribution in [3.63, 3.8) is 0 Å². The van der Waals surface area contributed by atoms with Crippen LogP contribution in [0.25, 0.3) is 0 Å². The van der Waals surface area contributed by atoms with Crippen molar-refractivity contribution in [1.82, 2.24) is 14.8 Å². The Morgan fingerprint density at radius 1 is 1.35 bits per heavy atom. The first-order chi connectivity index (χ1) is 7.65. The molecule has 0 bridgehead atoms. The molecule has 0 fully saturated rings. The summed E-state index contributed by atoms with van der Waals surface area (Å²) in [6.45, 7) is 0.248. The van der Waals surface area contributed by atoms with Gasteiger partial charge in [-0.05, 0) is 6.42 Å². The number of nitrogens with zero attached hydrogens (tertiary/aromatic N) is 3. The van der Waals surface area contributed by atoms with Gasteiger partial charge in [0.2, 0.25) is 0 Å². The van der Waals surface area contributed by atoms with Crippen LogP contribution < -0.4 is 0 Å². The molecule has 0 aliphatic heterocycles. The second kappa shape index (κ2) is 4.81. The molecule has 98 valence electrons. The number of hydrogen-bond donors (Lipinski definition) is 0. The Labute approximate surface area is 100 Å². The van der Waals surface area contributed by atoms with E-state index >= 15 is 0 Å². The lowest BCUT2D eigenvalue weighted by Crippen LogP contribution is -2.22. The molecule has 10 heteroatoms. The van der Waals surface area contributed by atoms with Crippen molar-refractivity contribution < 1.29 is 21.6 Å². The molecule has 0 amide bonds. The summed E-state index contributed by atoms with van der Waals surface area (Å²) in [6.07, 6.45) is -3.87. The smallest absolute Gasteiger partial charge is 0.292 e. The first-order valence-electron chi connectivity index (χ1n) is 4.58.